The summed E-state index contributed by atoms with van der Waals surface area (Å²) in [6.45, 7) is -0.329. The Kier molecular flexibility index (Phi) is 3.59. The van der Waals surface area contributed by atoms with Crippen molar-refractivity contribution in [1.82, 2.24) is 9.97 Å². The highest BCUT2D eigenvalue weighted by Gasteiger charge is 2.40. The van der Waals surface area contributed by atoms with Gasteiger partial charge in [0.15, 0.2) is 11.0 Å². The van der Waals surface area contributed by atoms with Gasteiger partial charge in [0.25, 0.3) is 5.88 Å². The van der Waals surface area contributed by atoms with Crippen molar-refractivity contribution in [3.8, 4) is 5.88 Å². The molecule has 104 valence electrons. The number of rotatable bonds is 3. The Morgan fingerprint density at radius 2 is 2.26 bits per heavy atom. The quantitative estimate of drug-likeness (QED) is 0.757. The third-order valence-corrected chi connectivity index (χ3v) is 3.92. The molecule has 1 aromatic heterocycles. The van der Waals surface area contributed by atoms with Gasteiger partial charge in [-0.25, -0.2) is 4.98 Å². The lowest BCUT2D eigenvalue weighted by atomic mass is 10.4. The van der Waals surface area contributed by atoms with Crippen molar-refractivity contribution in [2.24, 2.45) is 0 Å². The maximum Gasteiger partial charge on any atom is 0.307 e. The summed E-state index contributed by atoms with van der Waals surface area (Å²) in [5, 5.41) is -1.34. The van der Waals surface area contributed by atoms with E-state index in [1.807, 2.05) is 0 Å². The zero-order chi connectivity index (χ0) is 14.2. The molecule has 0 aliphatic carbocycles. The minimum Gasteiger partial charge on any atom is -0.478 e. The number of ether oxygens (including phenoxy) is 1. The van der Waals surface area contributed by atoms with Crippen LogP contribution in [0.25, 0.3) is 0 Å². The number of hydrogen-bond donors (Lipinski definition) is 0. The fraction of sp³-hybridized carbons (Fsp3) is 0.444. The van der Waals surface area contributed by atoms with E-state index in [1.165, 1.54) is 13.3 Å². The zero-order valence-corrected chi connectivity index (χ0v) is 11.3. The maximum absolute atomic E-state index is 12.9. The van der Waals surface area contributed by atoms with Gasteiger partial charge in [0.05, 0.1) is 13.3 Å². The van der Waals surface area contributed by atoms with Crippen LogP contribution >= 0.6 is 11.6 Å². The van der Waals surface area contributed by atoms with Crippen molar-refractivity contribution in [2.75, 3.05) is 18.6 Å². The first-order valence-corrected chi connectivity index (χ1v) is 6.95. The molecule has 1 atom stereocenters. The lowest BCUT2D eigenvalue weighted by Gasteiger charge is -2.16. The molecular weight excluding hydrogens is 301 g/mol. The van der Waals surface area contributed by atoms with Gasteiger partial charge in [0, 0.05) is 13.0 Å². The normalized spacial score (nSPS) is 19.8. The number of amides is 1. The monoisotopic (exact) mass is 309 g/mol. The van der Waals surface area contributed by atoms with Crippen molar-refractivity contribution in [2.45, 2.75) is 11.7 Å². The highest BCUT2D eigenvalue weighted by Crippen LogP contribution is 2.30. The van der Waals surface area contributed by atoms with Crippen molar-refractivity contribution in [1.29, 1.82) is 0 Å². The van der Waals surface area contributed by atoms with Crippen LogP contribution in [0.1, 0.15) is 6.42 Å². The molecule has 1 aliphatic heterocycles. The summed E-state index contributed by atoms with van der Waals surface area (Å²) in [6.07, 6.45) is 0.746. The van der Waals surface area contributed by atoms with Gasteiger partial charge in [-0.15, -0.1) is 3.89 Å². The summed E-state index contributed by atoms with van der Waals surface area (Å²) in [6, 6.07) is 0. The van der Waals surface area contributed by atoms with E-state index in [9.17, 15) is 17.1 Å². The third kappa shape index (κ3) is 2.76. The number of anilines is 1. The van der Waals surface area contributed by atoms with E-state index in [1.54, 1.807) is 0 Å². The van der Waals surface area contributed by atoms with Crippen LogP contribution in [0.3, 0.4) is 0 Å². The van der Waals surface area contributed by atoms with E-state index < -0.39 is 27.8 Å². The van der Waals surface area contributed by atoms with Crippen molar-refractivity contribution in [3.63, 3.8) is 0 Å². The molecule has 1 aliphatic rings. The Hall–Kier alpha value is -1.48. The van der Waals surface area contributed by atoms with Crippen LogP contribution in [0.2, 0.25) is 5.15 Å². The fourth-order valence-corrected chi connectivity index (χ4v) is 2.53. The van der Waals surface area contributed by atoms with Crippen molar-refractivity contribution < 1.29 is 21.8 Å². The lowest BCUT2D eigenvalue weighted by molar-refractivity contribution is -0.117. The molecule has 0 N–H and O–H groups in total. The molecule has 2 heterocycles. The zero-order valence-electron chi connectivity index (χ0n) is 9.71. The van der Waals surface area contributed by atoms with Crippen LogP contribution in [0.5, 0.6) is 5.88 Å². The number of carbonyl (C=O) groups is 1. The predicted octanol–water partition coefficient (Wildman–Crippen LogP) is 0.543. The second-order valence-corrected chi connectivity index (χ2v) is 5.84. The molecule has 0 spiro atoms. The van der Waals surface area contributed by atoms with Crippen molar-refractivity contribution in [3.05, 3.63) is 11.3 Å². The van der Waals surface area contributed by atoms with Gasteiger partial charge in [-0.3, -0.25) is 9.69 Å². The number of aromatic nitrogens is 2. The Bertz CT molecular complexity index is 624. The minimum atomic E-state index is -4.78. The smallest absolute Gasteiger partial charge is 0.307 e. The third-order valence-electron chi connectivity index (χ3n) is 2.63. The van der Waals surface area contributed by atoms with Crippen LogP contribution in [0, 0.1) is 0 Å². The maximum atomic E-state index is 12.9. The topological polar surface area (TPSA) is 89.5 Å². The molecular formula is C9H9ClFN3O4S. The highest BCUT2D eigenvalue weighted by atomic mass is 35.5. The molecule has 1 aromatic rings. The number of hydrogen-bond acceptors (Lipinski definition) is 6. The molecule has 2 rings (SSSR count). The number of carbonyl (C=O) groups excluding carboxylic acids is 1. The SMILES string of the molecule is COc1nc(Cl)cnc1N1CC(S(=O)(=O)F)CC1=O. The van der Waals surface area contributed by atoms with Crippen LogP contribution in [-0.2, 0) is 15.0 Å². The first kappa shape index (κ1) is 13.9. The molecule has 7 nitrogen and oxygen atoms in total. The predicted molar refractivity (Wildman–Crippen MR) is 64.4 cm³/mol. The van der Waals surface area contributed by atoms with E-state index in [2.05, 4.69) is 9.97 Å². The fourth-order valence-electron chi connectivity index (χ4n) is 1.74. The summed E-state index contributed by atoms with van der Waals surface area (Å²) in [5.74, 6) is -0.582. The van der Waals surface area contributed by atoms with Crippen LogP contribution in [0.15, 0.2) is 6.20 Å². The van der Waals surface area contributed by atoms with E-state index in [-0.39, 0.29) is 23.4 Å². The molecule has 0 radical (unpaired) electrons. The molecule has 1 unspecified atom stereocenters. The van der Waals surface area contributed by atoms with Gasteiger partial charge in [-0.2, -0.15) is 13.4 Å². The average molecular weight is 310 g/mol. The first-order chi connectivity index (χ1) is 8.82. The van der Waals surface area contributed by atoms with Gasteiger partial charge in [-0.1, -0.05) is 11.6 Å². The van der Waals surface area contributed by atoms with E-state index >= 15 is 0 Å². The molecule has 1 amide bonds. The lowest BCUT2D eigenvalue weighted by Crippen LogP contribution is -2.28. The van der Waals surface area contributed by atoms with E-state index in [4.69, 9.17) is 16.3 Å². The molecule has 19 heavy (non-hydrogen) atoms. The second-order valence-electron chi connectivity index (χ2n) is 3.83. The molecule has 0 aromatic carbocycles. The van der Waals surface area contributed by atoms with Gasteiger partial charge in [0.2, 0.25) is 5.91 Å². The summed E-state index contributed by atoms with van der Waals surface area (Å²) < 4.78 is 39.5. The molecule has 1 saturated heterocycles. The van der Waals surface area contributed by atoms with Gasteiger partial charge < -0.3 is 4.74 Å². The highest BCUT2D eigenvalue weighted by molar-refractivity contribution is 7.87. The standard InChI is InChI=1S/C9H9ClFN3O4S/c1-18-9-8(12-3-6(10)13-9)14-4-5(2-7(14)15)19(11,16)17/h3,5H,2,4H2,1H3. The molecule has 1 fully saturated rings. The summed E-state index contributed by atoms with van der Waals surface area (Å²) >= 11 is 5.63. The minimum absolute atomic E-state index is 0.0167. The van der Waals surface area contributed by atoms with Crippen LogP contribution in [0.4, 0.5) is 9.70 Å². The Labute approximate surface area is 113 Å². The van der Waals surface area contributed by atoms with Gasteiger partial charge >= 0.3 is 10.2 Å². The molecule has 0 saturated carbocycles. The Morgan fingerprint density at radius 3 is 2.79 bits per heavy atom. The summed E-state index contributed by atoms with van der Waals surface area (Å²) in [5.41, 5.74) is 0. The van der Waals surface area contributed by atoms with Gasteiger partial charge in [-0.05, 0) is 0 Å². The largest absolute Gasteiger partial charge is 0.478 e. The first-order valence-electron chi connectivity index (χ1n) is 5.13. The molecule has 0 bridgehead atoms. The Balaban J connectivity index is 2.36. The number of nitrogens with zero attached hydrogens (tertiary/aromatic N) is 3. The number of halogens is 2. The van der Waals surface area contributed by atoms with E-state index in [0.717, 1.165) is 4.90 Å². The van der Waals surface area contributed by atoms with Crippen molar-refractivity contribution >= 4 is 33.5 Å². The number of methoxy groups -OCH3 is 1. The second kappa shape index (κ2) is 4.89. The van der Waals surface area contributed by atoms with Gasteiger partial charge in [0.1, 0.15) is 5.25 Å². The van der Waals surface area contributed by atoms with Crippen LogP contribution < -0.4 is 9.64 Å². The Morgan fingerprint density at radius 1 is 1.58 bits per heavy atom. The van der Waals surface area contributed by atoms with E-state index in [0.29, 0.717) is 0 Å². The summed E-state index contributed by atoms with van der Waals surface area (Å²) in [7, 11) is -3.48. The molecule has 10 heteroatoms. The average Bonchev–Trinajstić information content (AvgIpc) is 2.71. The summed E-state index contributed by atoms with van der Waals surface area (Å²) in [4.78, 5) is 20.4. The van der Waals surface area contributed by atoms with Crippen LogP contribution in [-0.4, -0.2) is 43.2 Å².